The molecule has 2 N–H and O–H groups in total. The molecule has 0 saturated carbocycles. The number of benzene rings is 2. The maximum absolute atomic E-state index is 10.0. The van der Waals surface area contributed by atoms with E-state index in [1.807, 2.05) is 12.1 Å². The molecule has 0 spiro atoms. The molecule has 2 aromatic carbocycles. The van der Waals surface area contributed by atoms with E-state index in [1.165, 1.54) is 0 Å². The summed E-state index contributed by atoms with van der Waals surface area (Å²) in [4.78, 5) is 0. The van der Waals surface area contributed by atoms with Crippen molar-refractivity contribution in [3.8, 4) is 0 Å². The van der Waals surface area contributed by atoms with E-state index in [4.69, 9.17) is 14.2 Å². The molecule has 0 amide bonds. The zero-order valence-corrected chi connectivity index (χ0v) is 13.4. The third kappa shape index (κ3) is 5.12. The maximum Gasteiger partial charge on any atom is 0.217 e. The quantitative estimate of drug-likeness (QED) is 0.622. The van der Waals surface area contributed by atoms with Gasteiger partial charge < -0.3 is 24.4 Å². The van der Waals surface area contributed by atoms with Crippen molar-refractivity contribution < 1.29 is 24.4 Å². The lowest BCUT2D eigenvalue weighted by Crippen LogP contribution is -2.26. The Hall–Kier alpha value is -1.76. The Morgan fingerprint density at radius 1 is 0.792 bits per heavy atom. The zero-order valence-electron chi connectivity index (χ0n) is 13.4. The van der Waals surface area contributed by atoms with Crippen LogP contribution in [-0.2, 0) is 20.0 Å². The van der Waals surface area contributed by atoms with Crippen LogP contribution in [0, 0.1) is 0 Å². The van der Waals surface area contributed by atoms with E-state index in [-0.39, 0.29) is 0 Å². The Balaban J connectivity index is 0.000000159. The van der Waals surface area contributed by atoms with E-state index in [1.54, 1.807) is 48.5 Å². The number of hydrogen-bond acceptors (Lipinski definition) is 5. The lowest BCUT2D eigenvalue weighted by Gasteiger charge is -2.22. The van der Waals surface area contributed by atoms with Crippen LogP contribution in [0.2, 0.25) is 0 Å². The van der Waals surface area contributed by atoms with Gasteiger partial charge in [0.1, 0.15) is 12.2 Å². The van der Waals surface area contributed by atoms with E-state index in [9.17, 15) is 10.2 Å². The van der Waals surface area contributed by atoms with Gasteiger partial charge in [0.25, 0.3) is 0 Å². The molecule has 0 bridgehead atoms. The van der Waals surface area contributed by atoms with Gasteiger partial charge in [0, 0.05) is 11.1 Å². The van der Waals surface area contributed by atoms with Crippen molar-refractivity contribution in [2.45, 2.75) is 18.0 Å². The molecule has 2 heterocycles. The summed E-state index contributed by atoms with van der Waals surface area (Å²) in [6.07, 6.45) is 0.785. The van der Waals surface area contributed by atoms with E-state index in [0.29, 0.717) is 23.3 Å². The van der Waals surface area contributed by atoms with E-state index < -0.39 is 5.79 Å². The molecule has 2 saturated heterocycles. The Morgan fingerprint density at radius 3 is 1.50 bits per heavy atom. The molecule has 4 rings (SSSR count). The number of ether oxygens (including phenoxy) is 3. The first kappa shape index (κ1) is 17.1. The van der Waals surface area contributed by atoms with Crippen molar-refractivity contribution in [2.24, 2.45) is 0 Å². The summed E-state index contributed by atoms with van der Waals surface area (Å²) < 4.78 is 15.1. The monoisotopic (exact) mass is 330 g/mol. The van der Waals surface area contributed by atoms with Crippen LogP contribution in [0.3, 0.4) is 0 Å². The molecule has 5 heteroatoms. The van der Waals surface area contributed by atoms with Crippen LogP contribution in [0.4, 0.5) is 0 Å². The standard InChI is InChI=1S/C13H12O2.C6H10O3/c14-13(15,11-7-3-1-4-8-11)12-9-5-2-6-10-12;1(5-3-8-5)7-2-6-4-9-6/h1-10,14-15H;5-6H,1-4H2. The van der Waals surface area contributed by atoms with Crippen LogP contribution in [-0.4, -0.2) is 48.8 Å². The molecule has 0 aliphatic carbocycles. The normalized spacial score (nSPS) is 21.6. The fourth-order valence-electron chi connectivity index (χ4n) is 2.17. The van der Waals surface area contributed by atoms with Crippen LogP contribution in [0.15, 0.2) is 60.7 Å². The second-order valence-electron chi connectivity index (χ2n) is 5.85. The fraction of sp³-hybridized carbons (Fsp3) is 0.368. The summed E-state index contributed by atoms with van der Waals surface area (Å²) >= 11 is 0. The molecule has 5 nitrogen and oxygen atoms in total. The van der Waals surface area contributed by atoms with Crippen molar-refractivity contribution in [3.63, 3.8) is 0 Å². The minimum atomic E-state index is -1.91. The molecule has 2 aromatic rings. The summed E-state index contributed by atoms with van der Waals surface area (Å²) in [5.41, 5.74) is 0.937. The summed E-state index contributed by atoms with van der Waals surface area (Å²) in [5.74, 6) is -1.91. The minimum Gasteiger partial charge on any atom is -0.376 e. The molecule has 0 aromatic heterocycles. The minimum absolute atomic E-state index is 0.392. The molecule has 0 radical (unpaired) electrons. The summed E-state index contributed by atoms with van der Waals surface area (Å²) in [7, 11) is 0. The number of hydrogen-bond donors (Lipinski definition) is 2. The predicted octanol–water partition coefficient (Wildman–Crippen LogP) is 1.67. The highest BCUT2D eigenvalue weighted by Crippen LogP contribution is 2.25. The molecular formula is C19H22O5. The number of rotatable bonds is 6. The van der Waals surface area contributed by atoms with Crippen molar-refractivity contribution >= 4 is 0 Å². The Bertz CT molecular complexity index is 553. The van der Waals surface area contributed by atoms with Gasteiger partial charge in [-0.1, -0.05) is 60.7 Å². The average Bonchev–Trinajstić information content (AvgIpc) is 3.53. The largest absolute Gasteiger partial charge is 0.376 e. The van der Waals surface area contributed by atoms with Gasteiger partial charge in [0.05, 0.1) is 26.4 Å². The second-order valence-corrected chi connectivity index (χ2v) is 5.85. The topological polar surface area (TPSA) is 74.8 Å². The van der Waals surface area contributed by atoms with Crippen molar-refractivity contribution in [2.75, 3.05) is 26.4 Å². The smallest absolute Gasteiger partial charge is 0.217 e. The van der Waals surface area contributed by atoms with E-state index >= 15 is 0 Å². The fourth-order valence-corrected chi connectivity index (χ4v) is 2.17. The molecule has 2 aliphatic rings. The van der Waals surface area contributed by atoms with Gasteiger partial charge in [0.15, 0.2) is 0 Å². The van der Waals surface area contributed by atoms with Gasteiger partial charge in [-0.3, -0.25) is 0 Å². The second kappa shape index (κ2) is 7.88. The number of aliphatic hydroxyl groups is 2. The highest BCUT2D eigenvalue weighted by Gasteiger charge is 2.27. The van der Waals surface area contributed by atoms with Crippen molar-refractivity contribution in [3.05, 3.63) is 71.8 Å². The van der Waals surface area contributed by atoms with Crippen LogP contribution < -0.4 is 0 Å². The first-order valence-electron chi connectivity index (χ1n) is 8.03. The third-order valence-corrected chi connectivity index (χ3v) is 3.76. The van der Waals surface area contributed by atoms with Crippen LogP contribution in [0.1, 0.15) is 11.1 Å². The van der Waals surface area contributed by atoms with Crippen molar-refractivity contribution in [1.29, 1.82) is 0 Å². The summed E-state index contributed by atoms with van der Waals surface area (Å²) in [5, 5.41) is 20.0. The van der Waals surface area contributed by atoms with Gasteiger partial charge in [-0.15, -0.1) is 0 Å². The van der Waals surface area contributed by atoms with E-state index in [2.05, 4.69) is 0 Å². The highest BCUT2D eigenvalue weighted by atomic mass is 16.6. The van der Waals surface area contributed by atoms with Gasteiger partial charge in [-0.25, -0.2) is 0 Å². The Morgan fingerprint density at radius 2 is 1.17 bits per heavy atom. The molecule has 2 atom stereocenters. The van der Waals surface area contributed by atoms with E-state index in [0.717, 1.165) is 26.4 Å². The molecular weight excluding hydrogens is 308 g/mol. The van der Waals surface area contributed by atoms with Gasteiger partial charge in [-0.05, 0) is 0 Å². The SMILES string of the molecule is C(OCC1CO1)C1CO1.OC(O)(c1ccccc1)c1ccccc1. The van der Waals surface area contributed by atoms with Crippen LogP contribution in [0.25, 0.3) is 0 Å². The van der Waals surface area contributed by atoms with Gasteiger partial charge >= 0.3 is 0 Å². The van der Waals surface area contributed by atoms with Crippen molar-refractivity contribution in [1.82, 2.24) is 0 Å². The summed E-state index contributed by atoms with van der Waals surface area (Å²) in [6, 6.07) is 17.5. The first-order valence-corrected chi connectivity index (χ1v) is 8.03. The lowest BCUT2D eigenvalue weighted by molar-refractivity contribution is -0.132. The predicted molar refractivity (Wildman–Crippen MR) is 88.4 cm³/mol. The first-order chi connectivity index (χ1) is 11.7. The number of epoxide rings is 2. The lowest BCUT2D eigenvalue weighted by atomic mass is 9.98. The van der Waals surface area contributed by atoms with Gasteiger partial charge in [0.2, 0.25) is 5.79 Å². The molecule has 2 unspecified atom stereocenters. The van der Waals surface area contributed by atoms with Crippen LogP contribution >= 0.6 is 0 Å². The maximum atomic E-state index is 10.0. The third-order valence-electron chi connectivity index (χ3n) is 3.76. The molecule has 24 heavy (non-hydrogen) atoms. The van der Waals surface area contributed by atoms with Gasteiger partial charge in [-0.2, -0.15) is 0 Å². The van der Waals surface area contributed by atoms with Crippen LogP contribution in [0.5, 0.6) is 0 Å². The molecule has 2 aliphatic heterocycles. The Labute approximate surface area is 141 Å². The summed E-state index contributed by atoms with van der Waals surface area (Å²) in [6.45, 7) is 3.26. The zero-order chi connectivity index (χ0) is 16.8. The highest BCUT2D eigenvalue weighted by molar-refractivity contribution is 5.32. The molecule has 2 fully saturated rings. The average molecular weight is 330 g/mol. The molecule has 128 valence electrons. The Kier molecular flexibility index (Phi) is 5.60.